The summed E-state index contributed by atoms with van der Waals surface area (Å²) in [5.41, 5.74) is 0.313. The lowest BCUT2D eigenvalue weighted by molar-refractivity contribution is -0.383. The molecule has 30 heavy (non-hydrogen) atoms. The van der Waals surface area contributed by atoms with Gasteiger partial charge in [-0.1, -0.05) is 17.7 Å². The fraction of sp³-hybridized carbons (Fsp3) is 0.421. The maximum absolute atomic E-state index is 13.2. The molecule has 1 aliphatic rings. The zero-order valence-electron chi connectivity index (χ0n) is 16.3. The lowest BCUT2D eigenvalue weighted by Gasteiger charge is -2.31. The third kappa shape index (κ3) is 4.93. The van der Waals surface area contributed by atoms with Crippen molar-refractivity contribution in [2.45, 2.75) is 26.3 Å². The molecular weight excluding hydrogens is 417 g/mol. The summed E-state index contributed by atoms with van der Waals surface area (Å²) in [5, 5.41) is 14.9. The first-order chi connectivity index (χ1) is 14.4. The van der Waals surface area contributed by atoms with Crippen LogP contribution in [0.3, 0.4) is 0 Å². The number of anilines is 2. The first kappa shape index (κ1) is 21.7. The molecule has 11 heteroatoms. The maximum atomic E-state index is 13.2. The molecule has 1 aromatic carbocycles. The number of halogens is 2. The van der Waals surface area contributed by atoms with Crippen molar-refractivity contribution in [3.05, 3.63) is 51.0 Å². The standard InChI is InChI=1S/C19H21ClFN5O4/c1-2-30-19(27)12-5-7-25(8-6-12)18-16(26(28)29)17(23-11-24-18)22-10-13-3-4-14(21)9-15(13)20/h3-4,9,11-12H,2,5-8,10H2,1H3,(H,22,23,24). The van der Waals surface area contributed by atoms with Crippen LogP contribution in [0.25, 0.3) is 0 Å². The van der Waals surface area contributed by atoms with E-state index < -0.39 is 10.7 Å². The Labute approximate surface area is 177 Å². The predicted octanol–water partition coefficient (Wildman–Crippen LogP) is 3.57. The molecule has 1 aromatic heterocycles. The second kappa shape index (κ2) is 9.66. The van der Waals surface area contributed by atoms with Crippen LogP contribution < -0.4 is 10.2 Å². The molecular formula is C19H21ClFN5O4. The largest absolute Gasteiger partial charge is 0.466 e. The van der Waals surface area contributed by atoms with Gasteiger partial charge in [-0.25, -0.2) is 14.4 Å². The Morgan fingerprint density at radius 3 is 2.77 bits per heavy atom. The summed E-state index contributed by atoms with van der Waals surface area (Å²) in [6.45, 7) is 3.07. The topological polar surface area (TPSA) is 110 Å². The minimum Gasteiger partial charge on any atom is -0.466 e. The second-order valence-corrected chi connectivity index (χ2v) is 7.16. The zero-order valence-corrected chi connectivity index (χ0v) is 17.1. The molecule has 9 nitrogen and oxygen atoms in total. The molecule has 0 spiro atoms. The van der Waals surface area contributed by atoms with Gasteiger partial charge < -0.3 is 15.0 Å². The number of rotatable bonds is 7. The number of carbonyl (C=O) groups excluding carboxylic acids is 1. The highest BCUT2D eigenvalue weighted by molar-refractivity contribution is 6.31. The number of aromatic nitrogens is 2. The smallest absolute Gasteiger partial charge is 0.353 e. The van der Waals surface area contributed by atoms with Crippen molar-refractivity contribution in [2.24, 2.45) is 5.92 Å². The Kier molecular flexibility index (Phi) is 6.99. The van der Waals surface area contributed by atoms with Gasteiger partial charge in [0.2, 0.25) is 11.6 Å². The van der Waals surface area contributed by atoms with Crippen LogP contribution >= 0.6 is 11.6 Å². The van der Waals surface area contributed by atoms with Crippen LogP contribution in [-0.2, 0) is 16.1 Å². The molecule has 1 fully saturated rings. The van der Waals surface area contributed by atoms with Gasteiger partial charge in [0.05, 0.1) is 17.4 Å². The quantitative estimate of drug-likeness (QED) is 0.397. The van der Waals surface area contributed by atoms with E-state index in [1.807, 2.05) is 0 Å². The fourth-order valence-electron chi connectivity index (χ4n) is 3.33. The van der Waals surface area contributed by atoms with Gasteiger partial charge in [0.25, 0.3) is 0 Å². The van der Waals surface area contributed by atoms with Crippen molar-refractivity contribution < 1.29 is 18.8 Å². The van der Waals surface area contributed by atoms with E-state index >= 15 is 0 Å². The number of nitrogens with one attached hydrogen (secondary N) is 1. The van der Waals surface area contributed by atoms with E-state index in [1.165, 1.54) is 24.5 Å². The van der Waals surface area contributed by atoms with Gasteiger partial charge in [0, 0.05) is 24.7 Å². The van der Waals surface area contributed by atoms with Crippen molar-refractivity contribution in [2.75, 3.05) is 29.9 Å². The van der Waals surface area contributed by atoms with E-state index in [9.17, 15) is 19.3 Å². The Morgan fingerprint density at radius 1 is 1.40 bits per heavy atom. The third-order valence-corrected chi connectivity index (χ3v) is 5.21. The van der Waals surface area contributed by atoms with Gasteiger partial charge in [-0.05, 0) is 37.5 Å². The summed E-state index contributed by atoms with van der Waals surface area (Å²) >= 11 is 6.02. The van der Waals surface area contributed by atoms with E-state index in [0.29, 0.717) is 38.1 Å². The van der Waals surface area contributed by atoms with Crippen LogP contribution in [0.15, 0.2) is 24.5 Å². The Balaban J connectivity index is 1.77. The highest BCUT2D eigenvalue weighted by Gasteiger charge is 2.32. The van der Waals surface area contributed by atoms with Crippen LogP contribution in [0.5, 0.6) is 0 Å². The van der Waals surface area contributed by atoms with Crippen LogP contribution in [0.1, 0.15) is 25.3 Å². The monoisotopic (exact) mass is 437 g/mol. The number of carbonyl (C=O) groups is 1. The van der Waals surface area contributed by atoms with E-state index in [2.05, 4.69) is 15.3 Å². The average Bonchev–Trinajstić information content (AvgIpc) is 2.73. The van der Waals surface area contributed by atoms with Crippen LogP contribution in [-0.4, -0.2) is 40.6 Å². The zero-order chi connectivity index (χ0) is 21.7. The summed E-state index contributed by atoms with van der Waals surface area (Å²) in [7, 11) is 0. The summed E-state index contributed by atoms with van der Waals surface area (Å²) in [6, 6.07) is 3.93. The van der Waals surface area contributed by atoms with Gasteiger partial charge >= 0.3 is 11.7 Å². The van der Waals surface area contributed by atoms with Gasteiger partial charge in [0.15, 0.2) is 0 Å². The number of benzene rings is 1. The van der Waals surface area contributed by atoms with E-state index in [1.54, 1.807) is 11.8 Å². The Morgan fingerprint density at radius 2 is 2.13 bits per heavy atom. The summed E-state index contributed by atoms with van der Waals surface area (Å²) in [4.78, 5) is 33.0. The first-order valence-corrected chi connectivity index (χ1v) is 9.87. The van der Waals surface area contributed by atoms with Crippen molar-refractivity contribution >= 4 is 34.9 Å². The summed E-state index contributed by atoms with van der Waals surface area (Å²) in [6.07, 6.45) is 2.29. The molecule has 0 bridgehead atoms. The molecule has 0 amide bonds. The molecule has 0 radical (unpaired) electrons. The van der Waals surface area contributed by atoms with Crippen LogP contribution in [0, 0.1) is 21.8 Å². The number of ether oxygens (including phenoxy) is 1. The summed E-state index contributed by atoms with van der Waals surface area (Å²) < 4.78 is 18.3. The van der Waals surface area contributed by atoms with Gasteiger partial charge in [-0.3, -0.25) is 14.9 Å². The van der Waals surface area contributed by atoms with Crippen LogP contribution in [0.2, 0.25) is 5.02 Å². The van der Waals surface area contributed by atoms with Crippen molar-refractivity contribution in [3.8, 4) is 0 Å². The van der Waals surface area contributed by atoms with Crippen molar-refractivity contribution in [1.82, 2.24) is 9.97 Å². The normalized spacial score (nSPS) is 14.4. The molecule has 1 aliphatic heterocycles. The second-order valence-electron chi connectivity index (χ2n) is 6.75. The molecule has 0 aliphatic carbocycles. The molecule has 0 saturated carbocycles. The van der Waals surface area contributed by atoms with Crippen molar-refractivity contribution in [1.29, 1.82) is 0 Å². The van der Waals surface area contributed by atoms with Gasteiger partial charge in [-0.15, -0.1) is 0 Å². The lowest BCUT2D eigenvalue weighted by Crippen LogP contribution is -2.37. The molecule has 160 valence electrons. The molecule has 1 saturated heterocycles. The number of hydrogen-bond acceptors (Lipinski definition) is 8. The molecule has 2 heterocycles. The maximum Gasteiger partial charge on any atom is 0.353 e. The van der Waals surface area contributed by atoms with E-state index in [4.69, 9.17) is 16.3 Å². The van der Waals surface area contributed by atoms with Crippen molar-refractivity contribution in [3.63, 3.8) is 0 Å². The minimum atomic E-state index is -0.540. The highest BCUT2D eigenvalue weighted by atomic mass is 35.5. The number of piperidine rings is 1. The number of nitro groups is 1. The third-order valence-electron chi connectivity index (χ3n) is 4.86. The van der Waals surface area contributed by atoms with E-state index in [-0.39, 0.29) is 40.8 Å². The molecule has 0 atom stereocenters. The Hall–Kier alpha value is -3.01. The molecule has 3 rings (SSSR count). The molecule has 1 N–H and O–H groups in total. The fourth-order valence-corrected chi connectivity index (χ4v) is 3.56. The van der Waals surface area contributed by atoms with Crippen LogP contribution in [0.4, 0.5) is 21.7 Å². The summed E-state index contributed by atoms with van der Waals surface area (Å²) in [5.74, 6) is -0.707. The number of nitrogens with zero attached hydrogens (tertiary/aromatic N) is 4. The molecule has 0 unspecified atom stereocenters. The number of esters is 1. The Bertz CT molecular complexity index is 937. The lowest BCUT2D eigenvalue weighted by atomic mass is 9.97. The minimum absolute atomic E-state index is 0.0397. The first-order valence-electron chi connectivity index (χ1n) is 9.49. The predicted molar refractivity (Wildman–Crippen MR) is 109 cm³/mol. The van der Waals surface area contributed by atoms with E-state index in [0.717, 1.165) is 0 Å². The molecule has 2 aromatic rings. The number of hydrogen-bond donors (Lipinski definition) is 1. The van der Waals surface area contributed by atoms with Gasteiger partial charge in [-0.2, -0.15) is 0 Å². The SMILES string of the molecule is CCOC(=O)C1CCN(c2ncnc(NCc3ccc(F)cc3Cl)c2[N+](=O)[O-])CC1. The highest BCUT2D eigenvalue weighted by Crippen LogP contribution is 2.34. The van der Waals surface area contributed by atoms with Gasteiger partial charge in [0.1, 0.15) is 12.1 Å². The average molecular weight is 438 g/mol.